The summed E-state index contributed by atoms with van der Waals surface area (Å²) in [4.78, 5) is 11.9. The summed E-state index contributed by atoms with van der Waals surface area (Å²) in [5, 5.41) is 0. The van der Waals surface area contributed by atoms with Crippen LogP contribution < -0.4 is 10.6 Å². The molecule has 0 aliphatic carbocycles. The van der Waals surface area contributed by atoms with Crippen molar-refractivity contribution < 1.29 is 4.74 Å². The predicted octanol–water partition coefficient (Wildman–Crippen LogP) is 2.28. The molecule has 3 rings (SSSR count). The number of anilines is 2. The lowest BCUT2D eigenvalue weighted by Gasteiger charge is -2.27. The third-order valence-electron chi connectivity index (χ3n) is 2.85. The van der Waals surface area contributed by atoms with Gasteiger partial charge >= 0.3 is 0 Å². The van der Waals surface area contributed by atoms with Crippen LogP contribution in [-0.4, -0.2) is 36.3 Å². The summed E-state index contributed by atoms with van der Waals surface area (Å²) in [5.41, 5.74) is 6.68. The Kier molecular flexibility index (Phi) is 3.54. The molecule has 1 aliphatic heterocycles. The van der Waals surface area contributed by atoms with Gasteiger partial charge in [0.25, 0.3) is 0 Å². The maximum absolute atomic E-state index is 5.96. The minimum absolute atomic E-state index is 0.469. The number of ether oxygens (including phenoxy) is 1. The summed E-state index contributed by atoms with van der Waals surface area (Å²) < 4.78 is 6.06. The average Bonchev–Trinajstić information content (AvgIpc) is 2.86. The highest BCUT2D eigenvalue weighted by Gasteiger charge is 2.16. The number of thiophene rings is 1. The van der Waals surface area contributed by atoms with Gasteiger partial charge in [-0.05, 0) is 12.1 Å². The standard InChI is InChI=1S/C12H13ClN4OS/c13-10-2-1-9(19-10)8-7-11(14)16-12(15-8)17-3-5-18-6-4-17/h1-2,7H,3-6H2,(H2,14,15,16). The Bertz CT molecular complexity index is 583. The highest BCUT2D eigenvalue weighted by atomic mass is 35.5. The highest BCUT2D eigenvalue weighted by Crippen LogP contribution is 2.31. The normalized spacial score (nSPS) is 15.7. The zero-order valence-corrected chi connectivity index (χ0v) is 11.7. The summed E-state index contributed by atoms with van der Waals surface area (Å²) >= 11 is 7.44. The summed E-state index contributed by atoms with van der Waals surface area (Å²) in [5.74, 6) is 1.12. The molecule has 3 heterocycles. The van der Waals surface area contributed by atoms with Gasteiger partial charge in [0.1, 0.15) is 5.82 Å². The van der Waals surface area contributed by atoms with E-state index in [2.05, 4.69) is 14.9 Å². The quantitative estimate of drug-likeness (QED) is 0.921. The number of hydrogen-bond donors (Lipinski definition) is 1. The Morgan fingerprint density at radius 2 is 2.05 bits per heavy atom. The molecule has 2 N–H and O–H groups in total. The first-order valence-electron chi connectivity index (χ1n) is 5.95. The van der Waals surface area contributed by atoms with Crippen molar-refractivity contribution in [1.82, 2.24) is 9.97 Å². The molecule has 0 radical (unpaired) electrons. The minimum Gasteiger partial charge on any atom is -0.384 e. The fourth-order valence-electron chi connectivity index (χ4n) is 1.94. The van der Waals surface area contributed by atoms with Gasteiger partial charge in [-0.2, -0.15) is 4.98 Å². The van der Waals surface area contributed by atoms with Gasteiger partial charge in [-0.3, -0.25) is 0 Å². The van der Waals surface area contributed by atoms with Gasteiger partial charge in [0.05, 0.1) is 28.1 Å². The summed E-state index contributed by atoms with van der Waals surface area (Å²) in [6.07, 6.45) is 0. The first-order chi connectivity index (χ1) is 9.22. The molecule has 5 nitrogen and oxygen atoms in total. The topological polar surface area (TPSA) is 64.3 Å². The molecule has 7 heteroatoms. The fraction of sp³-hybridized carbons (Fsp3) is 0.333. The van der Waals surface area contributed by atoms with Crippen LogP contribution in [-0.2, 0) is 4.74 Å². The third-order valence-corrected chi connectivity index (χ3v) is 4.11. The summed E-state index contributed by atoms with van der Waals surface area (Å²) in [6.45, 7) is 2.96. The number of halogens is 1. The lowest BCUT2D eigenvalue weighted by molar-refractivity contribution is 0.122. The molecule has 0 amide bonds. The van der Waals surface area contributed by atoms with Crippen LogP contribution in [0.2, 0.25) is 4.34 Å². The van der Waals surface area contributed by atoms with Crippen LogP contribution in [0, 0.1) is 0 Å². The number of rotatable bonds is 2. The molecular formula is C12H13ClN4OS. The maximum atomic E-state index is 5.96. The highest BCUT2D eigenvalue weighted by molar-refractivity contribution is 7.19. The smallest absolute Gasteiger partial charge is 0.228 e. The van der Waals surface area contributed by atoms with E-state index < -0.39 is 0 Å². The van der Waals surface area contributed by atoms with Crippen LogP contribution >= 0.6 is 22.9 Å². The monoisotopic (exact) mass is 296 g/mol. The second kappa shape index (κ2) is 5.32. The molecule has 2 aromatic rings. The number of morpholine rings is 1. The van der Waals surface area contributed by atoms with E-state index in [1.54, 1.807) is 6.07 Å². The van der Waals surface area contributed by atoms with Crippen molar-refractivity contribution >= 4 is 34.7 Å². The van der Waals surface area contributed by atoms with Crippen molar-refractivity contribution in [3.63, 3.8) is 0 Å². The second-order valence-electron chi connectivity index (χ2n) is 4.18. The minimum atomic E-state index is 0.469. The molecule has 1 aliphatic rings. The maximum Gasteiger partial charge on any atom is 0.228 e. The van der Waals surface area contributed by atoms with Gasteiger partial charge in [0.2, 0.25) is 5.95 Å². The molecule has 19 heavy (non-hydrogen) atoms. The second-order valence-corrected chi connectivity index (χ2v) is 5.90. The number of aromatic nitrogens is 2. The molecule has 0 bridgehead atoms. The van der Waals surface area contributed by atoms with Crippen LogP contribution in [0.15, 0.2) is 18.2 Å². The number of nitrogens with zero attached hydrogens (tertiary/aromatic N) is 3. The van der Waals surface area contributed by atoms with E-state index >= 15 is 0 Å². The lowest BCUT2D eigenvalue weighted by atomic mass is 10.3. The van der Waals surface area contributed by atoms with Gasteiger partial charge in [0.15, 0.2) is 0 Å². The lowest BCUT2D eigenvalue weighted by Crippen LogP contribution is -2.37. The van der Waals surface area contributed by atoms with Crippen molar-refractivity contribution in [2.45, 2.75) is 0 Å². The molecule has 0 spiro atoms. The molecule has 0 saturated carbocycles. The molecule has 0 aromatic carbocycles. The van der Waals surface area contributed by atoms with E-state index in [1.165, 1.54) is 11.3 Å². The SMILES string of the molecule is Nc1cc(-c2ccc(Cl)s2)nc(N2CCOCC2)n1. The molecule has 100 valence electrons. The van der Waals surface area contributed by atoms with Crippen molar-refractivity contribution in [2.75, 3.05) is 36.9 Å². The fourth-order valence-corrected chi connectivity index (χ4v) is 2.94. The van der Waals surface area contributed by atoms with Crippen LogP contribution in [0.5, 0.6) is 0 Å². The van der Waals surface area contributed by atoms with Gasteiger partial charge < -0.3 is 15.4 Å². The van der Waals surface area contributed by atoms with Gasteiger partial charge in [-0.15, -0.1) is 11.3 Å². The van der Waals surface area contributed by atoms with E-state index in [-0.39, 0.29) is 0 Å². The largest absolute Gasteiger partial charge is 0.384 e. The van der Waals surface area contributed by atoms with E-state index in [1.807, 2.05) is 12.1 Å². The van der Waals surface area contributed by atoms with Crippen molar-refractivity contribution in [1.29, 1.82) is 0 Å². The van der Waals surface area contributed by atoms with Crippen LogP contribution in [0.25, 0.3) is 10.6 Å². The molecular weight excluding hydrogens is 284 g/mol. The molecule has 1 fully saturated rings. The van der Waals surface area contributed by atoms with Gasteiger partial charge in [0, 0.05) is 19.2 Å². The van der Waals surface area contributed by atoms with Crippen LogP contribution in [0.1, 0.15) is 0 Å². The molecule has 1 saturated heterocycles. The predicted molar refractivity (Wildman–Crippen MR) is 77.8 cm³/mol. The van der Waals surface area contributed by atoms with E-state index in [0.717, 1.165) is 28.0 Å². The van der Waals surface area contributed by atoms with Crippen LogP contribution in [0.3, 0.4) is 0 Å². The van der Waals surface area contributed by atoms with Gasteiger partial charge in [-0.25, -0.2) is 4.98 Å². The zero-order valence-electron chi connectivity index (χ0n) is 10.2. The Labute approximate surface area is 120 Å². The Morgan fingerprint density at radius 3 is 2.74 bits per heavy atom. The first-order valence-corrected chi connectivity index (χ1v) is 7.15. The molecule has 2 aromatic heterocycles. The zero-order chi connectivity index (χ0) is 13.2. The number of hydrogen-bond acceptors (Lipinski definition) is 6. The Balaban J connectivity index is 1.95. The van der Waals surface area contributed by atoms with E-state index in [4.69, 9.17) is 22.1 Å². The van der Waals surface area contributed by atoms with E-state index in [0.29, 0.717) is 25.0 Å². The third kappa shape index (κ3) is 2.80. The summed E-state index contributed by atoms with van der Waals surface area (Å²) in [7, 11) is 0. The Morgan fingerprint density at radius 1 is 1.26 bits per heavy atom. The van der Waals surface area contributed by atoms with Gasteiger partial charge in [-0.1, -0.05) is 11.6 Å². The van der Waals surface area contributed by atoms with Crippen molar-refractivity contribution in [3.05, 3.63) is 22.5 Å². The number of nitrogen functional groups attached to an aromatic ring is 1. The number of nitrogens with two attached hydrogens (primary N) is 1. The Hall–Kier alpha value is -1.37. The average molecular weight is 297 g/mol. The van der Waals surface area contributed by atoms with Crippen molar-refractivity contribution in [3.8, 4) is 10.6 Å². The molecule has 0 unspecified atom stereocenters. The summed E-state index contributed by atoms with van der Waals surface area (Å²) in [6, 6.07) is 5.57. The molecule has 0 atom stereocenters. The van der Waals surface area contributed by atoms with Crippen molar-refractivity contribution in [2.24, 2.45) is 0 Å². The first kappa shape index (κ1) is 12.7. The van der Waals surface area contributed by atoms with E-state index in [9.17, 15) is 0 Å². The van der Waals surface area contributed by atoms with Crippen LogP contribution in [0.4, 0.5) is 11.8 Å².